The van der Waals surface area contributed by atoms with Gasteiger partial charge in [0.1, 0.15) is 17.8 Å². The van der Waals surface area contributed by atoms with Crippen LogP contribution in [0.5, 0.6) is 0 Å². The number of para-hydroxylation sites is 1. The Morgan fingerprint density at radius 3 is 2.83 bits per heavy atom. The smallest absolute Gasteiger partial charge is 0.256 e. The fourth-order valence-electron chi connectivity index (χ4n) is 4.58. The number of nitrogens with zero attached hydrogens (tertiary/aromatic N) is 5. The van der Waals surface area contributed by atoms with Gasteiger partial charge in [-0.05, 0) is 31.0 Å². The van der Waals surface area contributed by atoms with E-state index in [0.29, 0.717) is 12.1 Å². The molecule has 7 nitrogen and oxygen atoms in total. The summed E-state index contributed by atoms with van der Waals surface area (Å²) in [7, 11) is 0. The number of aromatic nitrogens is 4. The lowest BCUT2D eigenvalue weighted by Crippen LogP contribution is -2.57. The number of carbonyl (C=O) groups excluding carboxylic acids is 1. The summed E-state index contributed by atoms with van der Waals surface area (Å²) >= 11 is 0. The number of H-pyrrole nitrogens is 1. The van der Waals surface area contributed by atoms with Crippen LogP contribution in [-0.4, -0.2) is 55.9 Å². The lowest BCUT2D eigenvalue weighted by molar-refractivity contribution is 0.0626. The minimum Gasteiger partial charge on any atom is -0.352 e. The Kier molecular flexibility index (Phi) is 3.41. The Morgan fingerprint density at radius 2 is 1.93 bits per heavy atom. The number of piperazine rings is 1. The molecule has 1 aromatic carbocycles. The van der Waals surface area contributed by atoms with Gasteiger partial charge in [-0.2, -0.15) is 0 Å². The SMILES string of the molecule is O=C(c1cccc2cccnc12)N1CCN(c2ncnc3[nH]ccc23)CC12CC2. The van der Waals surface area contributed by atoms with Crippen LogP contribution in [0.15, 0.2) is 55.1 Å². The van der Waals surface area contributed by atoms with E-state index in [2.05, 4.69) is 29.7 Å². The molecule has 144 valence electrons. The lowest BCUT2D eigenvalue weighted by atomic mass is 10.0. The maximum atomic E-state index is 13.5. The van der Waals surface area contributed by atoms with Crippen molar-refractivity contribution in [3.05, 3.63) is 60.7 Å². The summed E-state index contributed by atoms with van der Waals surface area (Å²) in [6, 6.07) is 11.8. The van der Waals surface area contributed by atoms with Gasteiger partial charge in [-0.15, -0.1) is 0 Å². The Morgan fingerprint density at radius 1 is 1.03 bits per heavy atom. The second-order valence-corrected chi connectivity index (χ2v) is 7.92. The minimum atomic E-state index is -0.111. The van der Waals surface area contributed by atoms with Gasteiger partial charge in [0.25, 0.3) is 5.91 Å². The number of benzene rings is 1. The van der Waals surface area contributed by atoms with Crippen LogP contribution >= 0.6 is 0 Å². The molecule has 1 aliphatic carbocycles. The first-order valence-electron chi connectivity index (χ1n) is 9.94. The van der Waals surface area contributed by atoms with Crippen molar-refractivity contribution in [1.29, 1.82) is 0 Å². The molecule has 2 fully saturated rings. The molecule has 1 saturated heterocycles. The molecule has 3 aromatic heterocycles. The number of rotatable bonds is 2. The van der Waals surface area contributed by atoms with E-state index >= 15 is 0 Å². The number of amides is 1. The summed E-state index contributed by atoms with van der Waals surface area (Å²) in [4.78, 5) is 34.4. The van der Waals surface area contributed by atoms with E-state index < -0.39 is 0 Å². The van der Waals surface area contributed by atoms with E-state index in [9.17, 15) is 4.79 Å². The molecule has 2 aliphatic rings. The van der Waals surface area contributed by atoms with Crippen LogP contribution in [-0.2, 0) is 0 Å². The summed E-state index contributed by atoms with van der Waals surface area (Å²) < 4.78 is 0. The van der Waals surface area contributed by atoms with Gasteiger partial charge in [0.2, 0.25) is 0 Å². The first-order chi connectivity index (χ1) is 14.3. The standard InChI is InChI=1S/C22H20N6O/c29-21(16-5-1-3-15-4-2-9-23-18(15)16)28-12-11-27(13-22(28)7-8-22)20-17-6-10-24-19(17)25-14-26-20/h1-6,9-10,14H,7-8,11-13H2,(H,24,25,26). The fourth-order valence-corrected chi connectivity index (χ4v) is 4.58. The Balaban J connectivity index is 1.33. The normalized spacial score (nSPS) is 17.9. The molecule has 0 bridgehead atoms. The predicted octanol–water partition coefficient (Wildman–Crippen LogP) is 3.00. The van der Waals surface area contributed by atoms with Gasteiger partial charge >= 0.3 is 0 Å². The first-order valence-corrected chi connectivity index (χ1v) is 9.94. The molecule has 0 radical (unpaired) electrons. The number of pyridine rings is 1. The molecule has 29 heavy (non-hydrogen) atoms. The van der Waals surface area contributed by atoms with Crippen molar-refractivity contribution in [2.45, 2.75) is 18.4 Å². The third-order valence-electron chi connectivity index (χ3n) is 6.22. The number of anilines is 1. The third kappa shape index (κ3) is 2.50. The topological polar surface area (TPSA) is 78.0 Å². The summed E-state index contributed by atoms with van der Waals surface area (Å²) in [5, 5.41) is 2.03. The highest BCUT2D eigenvalue weighted by atomic mass is 16.2. The third-order valence-corrected chi connectivity index (χ3v) is 6.22. The fraction of sp³-hybridized carbons (Fsp3) is 0.273. The average Bonchev–Trinajstić information content (AvgIpc) is 3.34. The van der Waals surface area contributed by atoms with Crippen molar-refractivity contribution >= 4 is 33.7 Å². The Hall–Kier alpha value is -3.48. The van der Waals surface area contributed by atoms with Crippen molar-refractivity contribution in [1.82, 2.24) is 24.8 Å². The van der Waals surface area contributed by atoms with Crippen LogP contribution in [0.25, 0.3) is 21.9 Å². The zero-order chi connectivity index (χ0) is 19.4. The highest BCUT2D eigenvalue weighted by Crippen LogP contribution is 2.46. The van der Waals surface area contributed by atoms with Crippen molar-refractivity contribution in [2.75, 3.05) is 24.5 Å². The van der Waals surface area contributed by atoms with Crippen LogP contribution in [0.4, 0.5) is 5.82 Å². The van der Waals surface area contributed by atoms with Gasteiger partial charge in [-0.3, -0.25) is 9.78 Å². The Bertz CT molecular complexity index is 1240. The van der Waals surface area contributed by atoms with Crippen LogP contribution in [0.3, 0.4) is 0 Å². The van der Waals surface area contributed by atoms with Gasteiger partial charge in [0.05, 0.1) is 22.0 Å². The average molecular weight is 384 g/mol. The predicted molar refractivity (Wildman–Crippen MR) is 111 cm³/mol. The molecule has 1 N–H and O–H groups in total. The maximum Gasteiger partial charge on any atom is 0.256 e. The Labute approximate surface area is 167 Å². The van der Waals surface area contributed by atoms with Crippen molar-refractivity contribution in [3.8, 4) is 0 Å². The molecular weight excluding hydrogens is 364 g/mol. The van der Waals surface area contributed by atoms with Gasteiger partial charge < -0.3 is 14.8 Å². The van der Waals surface area contributed by atoms with Gasteiger partial charge in [0.15, 0.2) is 0 Å². The van der Waals surface area contributed by atoms with E-state index in [1.54, 1.807) is 12.5 Å². The van der Waals surface area contributed by atoms with E-state index in [4.69, 9.17) is 0 Å². The van der Waals surface area contributed by atoms with Crippen LogP contribution in [0.2, 0.25) is 0 Å². The van der Waals surface area contributed by atoms with Crippen LogP contribution in [0, 0.1) is 0 Å². The number of fused-ring (bicyclic) bond motifs is 2. The molecule has 4 heterocycles. The molecule has 7 heteroatoms. The number of hydrogen-bond acceptors (Lipinski definition) is 5. The maximum absolute atomic E-state index is 13.5. The number of nitrogens with one attached hydrogen (secondary N) is 1. The molecule has 0 atom stereocenters. The zero-order valence-corrected chi connectivity index (χ0v) is 15.9. The van der Waals surface area contributed by atoms with E-state index in [-0.39, 0.29) is 11.4 Å². The van der Waals surface area contributed by atoms with Crippen molar-refractivity contribution < 1.29 is 4.79 Å². The second kappa shape index (κ2) is 6.01. The zero-order valence-electron chi connectivity index (χ0n) is 15.9. The van der Waals surface area contributed by atoms with Gasteiger partial charge in [-0.25, -0.2) is 9.97 Å². The van der Waals surface area contributed by atoms with Crippen LogP contribution < -0.4 is 4.90 Å². The number of aromatic amines is 1. The largest absolute Gasteiger partial charge is 0.352 e. The molecule has 6 rings (SSSR count). The van der Waals surface area contributed by atoms with Crippen molar-refractivity contribution in [2.24, 2.45) is 0 Å². The monoisotopic (exact) mass is 384 g/mol. The molecule has 1 saturated carbocycles. The summed E-state index contributed by atoms with van der Waals surface area (Å²) in [5.74, 6) is 1.03. The van der Waals surface area contributed by atoms with E-state index in [0.717, 1.165) is 53.7 Å². The summed E-state index contributed by atoms with van der Waals surface area (Å²) in [6.07, 6.45) is 7.29. The summed E-state index contributed by atoms with van der Waals surface area (Å²) in [6.45, 7) is 2.23. The van der Waals surface area contributed by atoms with Gasteiger partial charge in [-0.1, -0.05) is 18.2 Å². The van der Waals surface area contributed by atoms with E-state index in [1.807, 2.05) is 42.6 Å². The molecule has 1 spiro atoms. The molecular formula is C22H20N6O. The summed E-state index contributed by atoms with van der Waals surface area (Å²) in [5.41, 5.74) is 2.21. The lowest BCUT2D eigenvalue weighted by Gasteiger charge is -2.43. The molecule has 4 aromatic rings. The second-order valence-electron chi connectivity index (χ2n) is 7.92. The minimum absolute atomic E-state index is 0.0842. The van der Waals surface area contributed by atoms with E-state index in [1.165, 1.54) is 0 Å². The van der Waals surface area contributed by atoms with Gasteiger partial charge in [0, 0.05) is 37.4 Å². The highest BCUT2D eigenvalue weighted by molar-refractivity contribution is 6.06. The first kappa shape index (κ1) is 16.5. The highest BCUT2D eigenvalue weighted by Gasteiger charge is 2.53. The van der Waals surface area contributed by atoms with Crippen molar-refractivity contribution in [3.63, 3.8) is 0 Å². The van der Waals surface area contributed by atoms with Crippen LogP contribution in [0.1, 0.15) is 23.2 Å². The molecule has 0 unspecified atom stereocenters. The number of hydrogen-bond donors (Lipinski definition) is 1. The molecule has 1 aliphatic heterocycles. The number of carbonyl (C=O) groups is 1. The molecule has 1 amide bonds. The quantitative estimate of drug-likeness (QED) is 0.575.